The number of carboxylic acid groups (broad SMARTS) is 2. The second kappa shape index (κ2) is 20.9. The van der Waals surface area contributed by atoms with Gasteiger partial charge in [-0.1, -0.05) is 44.9 Å². The second-order valence-electron chi connectivity index (χ2n) is 5.62. The van der Waals surface area contributed by atoms with Crippen molar-refractivity contribution in [3.63, 3.8) is 0 Å². The van der Waals surface area contributed by atoms with E-state index in [1.807, 2.05) is 0 Å². The van der Waals surface area contributed by atoms with Gasteiger partial charge in [-0.3, -0.25) is 9.59 Å². The lowest BCUT2D eigenvalue weighted by Gasteiger charge is -1.98. The maximum Gasteiger partial charge on any atom is 0.303 e. The number of aliphatic hydroxyl groups is 2. The summed E-state index contributed by atoms with van der Waals surface area (Å²) in [7, 11) is 0. The zero-order chi connectivity index (χ0) is 17.8. The minimum atomic E-state index is -0.716. The van der Waals surface area contributed by atoms with E-state index in [4.69, 9.17) is 20.4 Å². The highest BCUT2D eigenvalue weighted by molar-refractivity contribution is 5.66. The fraction of sp³-hybridized carbons (Fsp3) is 0.882. The maximum absolute atomic E-state index is 10.1. The van der Waals surface area contributed by atoms with E-state index in [9.17, 15) is 9.59 Å². The summed E-state index contributed by atoms with van der Waals surface area (Å²) >= 11 is 0. The van der Waals surface area contributed by atoms with Gasteiger partial charge in [0, 0.05) is 26.1 Å². The summed E-state index contributed by atoms with van der Waals surface area (Å²) in [5.41, 5.74) is 0. The van der Waals surface area contributed by atoms with Crippen molar-refractivity contribution in [1.29, 1.82) is 0 Å². The lowest BCUT2D eigenvalue weighted by Crippen LogP contribution is -1.93. The highest BCUT2D eigenvalue weighted by Crippen LogP contribution is 2.06. The molecule has 0 rings (SSSR count). The first-order valence-electron chi connectivity index (χ1n) is 8.70. The summed E-state index contributed by atoms with van der Waals surface area (Å²) in [6, 6.07) is 0. The molecule has 0 atom stereocenters. The molecule has 0 heterocycles. The van der Waals surface area contributed by atoms with Gasteiger partial charge in [0.15, 0.2) is 0 Å². The Morgan fingerprint density at radius 3 is 1.00 bits per heavy atom. The van der Waals surface area contributed by atoms with Gasteiger partial charge >= 0.3 is 11.9 Å². The molecule has 0 aromatic carbocycles. The highest BCUT2D eigenvalue weighted by atomic mass is 16.4. The first-order chi connectivity index (χ1) is 11.0. The molecule has 0 aliphatic rings. The maximum atomic E-state index is 10.1. The van der Waals surface area contributed by atoms with E-state index in [0.29, 0.717) is 6.42 Å². The van der Waals surface area contributed by atoms with Crippen LogP contribution in [0.15, 0.2) is 0 Å². The Balaban J connectivity index is 0. The van der Waals surface area contributed by atoms with Crippen molar-refractivity contribution >= 4 is 11.9 Å². The monoisotopic (exact) mass is 334 g/mol. The molecule has 0 saturated carbocycles. The Kier molecular flexibility index (Phi) is 21.9. The molecule has 0 bridgehead atoms. The van der Waals surface area contributed by atoms with E-state index in [0.717, 1.165) is 70.6 Å². The van der Waals surface area contributed by atoms with Gasteiger partial charge in [-0.25, -0.2) is 0 Å². The van der Waals surface area contributed by atoms with Crippen LogP contribution in [0.2, 0.25) is 0 Å². The highest BCUT2D eigenvalue weighted by Gasteiger charge is 1.96. The molecule has 6 heteroatoms. The van der Waals surface area contributed by atoms with E-state index < -0.39 is 11.9 Å². The zero-order valence-corrected chi connectivity index (χ0v) is 14.2. The number of hydrogen-bond donors (Lipinski definition) is 4. The zero-order valence-electron chi connectivity index (χ0n) is 14.2. The standard InChI is InChI=1S/C9H18O3.C8H16O3/c10-8-6-4-2-1-3-5-7-9(11)12;9-7-5-3-1-2-4-6-8(10)11/h10H,1-8H2,(H,11,12);9H,1-7H2,(H,10,11). The number of hydrogen-bond acceptors (Lipinski definition) is 4. The van der Waals surface area contributed by atoms with Crippen LogP contribution in [0.25, 0.3) is 0 Å². The Bertz CT molecular complexity index is 268. The molecule has 6 nitrogen and oxygen atoms in total. The summed E-state index contributed by atoms with van der Waals surface area (Å²) in [6.07, 6.45) is 11.1. The molecule has 0 fully saturated rings. The van der Waals surface area contributed by atoms with Gasteiger partial charge in [0.05, 0.1) is 0 Å². The molecule has 0 radical (unpaired) electrons. The fourth-order valence-corrected chi connectivity index (χ4v) is 2.01. The van der Waals surface area contributed by atoms with E-state index >= 15 is 0 Å². The van der Waals surface area contributed by atoms with Gasteiger partial charge in [-0.15, -0.1) is 0 Å². The third-order valence-corrected chi connectivity index (χ3v) is 3.35. The Labute approximate surface area is 139 Å². The molecular weight excluding hydrogens is 300 g/mol. The van der Waals surface area contributed by atoms with Crippen molar-refractivity contribution in [1.82, 2.24) is 0 Å². The Hall–Kier alpha value is -1.14. The van der Waals surface area contributed by atoms with Crippen molar-refractivity contribution in [2.45, 2.75) is 83.5 Å². The fourth-order valence-electron chi connectivity index (χ4n) is 2.01. The van der Waals surface area contributed by atoms with Crippen LogP contribution >= 0.6 is 0 Å². The molecule has 0 unspecified atom stereocenters. The van der Waals surface area contributed by atoms with Crippen molar-refractivity contribution in [2.75, 3.05) is 13.2 Å². The van der Waals surface area contributed by atoms with Gasteiger partial charge < -0.3 is 20.4 Å². The first-order valence-corrected chi connectivity index (χ1v) is 8.70. The number of aliphatic carboxylic acids is 2. The average Bonchev–Trinajstić information content (AvgIpc) is 2.50. The van der Waals surface area contributed by atoms with Gasteiger partial charge in [0.25, 0.3) is 0 Å². The van der Waals surface area contributed by atoms with Crippen LogP contribution in [0.3, 0.4) is 0 Å². The molecule has 0 aliphatic carbocycles. The quantitative estimate of drug-likeness (QED) is 0.342. The third-order valence-electron chi connectivity index (χ3n) is 3.35. The lowest BCUT2D eigenvalue weighted by molar-refractivity contribution is -0.138. The number of unbranched alkanes of at least 4 members (excludes halogenated alkanes) is 9. The van der Waals surface area contributed by atoms with Crippen molar-refractivity contribution in [3.8, 4) is 0 Å². The molecule has 0 aliphatic heterocycles. The van der Waals surface area contributed by atoms with Crippen molar-refractivity contribution in [3.05, 3.63) is 0 Å². The average molecular weight is 334 g/mol. The van der Waals surface area contributed by atoms with Gasteiger partial charge in [-0.05, 0) is 25.7 Å². The molecule has 0 aromatic rings. The topological polar surface area (TPSA) is 115 Å². The minimum absolute atomic E-state index is 0.249. The predicted octanol–water partition coefficient (Wildman–Crippen LogP) is 3.20. The number of carboxylic acids is 2. The molecule has 138 valence electrons. The predicted molar refractivity (Wildman–Crippen MR) is 89.5 cm³/mol. The molecule has 0 amide bonds. The van der Waals surface area contributed by atoms with Crippen LogP contribution in [0.5, 0.6) is 0 Å². The Morgan fingerprint density at radius 2 is 0.739 bits per heavy atom. The smallest absolute Gasteiger partial charge is 0.303 e. The molecule has 0 spiro atoms. The van der Waals surface area contributed by atoms with Gasteiger partial charge in [-0.2, -0.15) is 0 Å². The number of rotatable bonds is 15. The van der Waals surface area contributed by atoms with Crippen LogP contribution < -0.4 is 0 Å². The largest absolute Gasteiger partial charge is 0.481 e. The first kappa shape index (κ1) is 24.1. The van der Waals surface area contributed by atoms with Gasteiger partial charge in [0.2, 0.25) is 0 Å². The summed E-state index contributed by atoms with van der Waals surface area (Å²) in [5, 5.41) is 33.5. The summed E-state index contributed by atoms with van der Waals surface area (Å²) in [5.74, 6) is -1.42. The SMILES string of the molecule is O=C(O)CCCCCCCCO.O=C(O)CCCCCCCO. The van der Waals surface area contributed by atoms with Crippen LogP contribution in [0.1, 0.15) is 83.5 Å². The number of aliphatic hydroxyl groups excluding tert-OH is 2. The molecule has 0 aromatic heterocycles. The van der Waals surface area contributed by atoms with Crippen LogP contribution in [0.4, 0.5) is 0 Å². The van der Waals surface area contributed by atoms with E-state index in [2.05, 4.69) is 0 Å². The minimum Gasteiger partial charge on any atom is -0.481 e. The number of carbonyl (C=O) groups is 2. The summed E-state index contributed by atoms with van der Waals surface area (Å²) in [6.45, 7) is 0.522. The molecule has 23 heavy (non-hydrogen) atoms. The summed E-state index contributed by atoms with van der Waals surface area (Å²) in [4.78, 5) is 20.1. The third kappa shape index (κ3) is 29.5. The van der Waals surface area contributed by atoms with E-state index in [1.165, 1.54) is 0 Å². The molecular formula is C17H34O6. The van der Waals surface area contributed by atoms with E-state index in [1.54, 1.807) is 0 Å². The van der Waals surface area contributed by atoms with Crippen LogP contribution in [-0.2, 0) is 9.59 Å². The van der Waals surface area contributed by atoms with Crippen molar-refractivity contribution < 1.29 is 30.0 Å². The molecule has 4 N–H and O–H groups in total. The van der Waals surface area contributed by atoms with Gasteiger partial charge in [0.1, 0.15) is 0 Å². The van der Waals surface area contributed by atoms with E-state index in [-0.39, 0.29) is 19.6 Å². The second-order valence-corrected chi connectivity index (χ2v) is 5.62. The normalized spacial score (nSPS) is 10.0. The van der Waals surface area contributed by atoms with Crippen LogP contribution in [0, 0.1) is 0 Å². The summed E-state index contributed by atoms with van der Waals surface area (Å²) < 4.78 is 0. The van der Waals surface area contributed by atoms with Crippen LogP contribution in [-0.4, -0.2) is 45.6 Å². The Morgan fingerprint density at radius 1 is 0.478 bits per heavy atom. The van der Waals surface area contributed by atoms with Crippen molar-refractivity contribution in [2.24, 2.45) is 0 Å². The lowest BCUT2D eigenvalue weighted by atomic mass is 10.1. The molecule has 0 saturated heterocycles.